The lowest BCUT2D eigenvalue weighted by atomic mass is 10.2. The quantitative estimate of drug-likeness (QED) is 0.693. The maximum atomic E-state index is 12.1. The van der Waals surface area contributed by atoms with Crippen LogP contribution in [0.2, 0.25) is 0 Å². The summed E-state index contributed by atoms with van der Waals surface area (Å²) in [7, 11) is 1.58. The van der Waals surface area contributed by atoms with Gasteiger partial charge in [0, 0.05) is 18.2 Å². The van der Waals surface area contributed by atoms with Crippen molar-refractivity contribution in [1.82, 2.24) is 0 Å². The minimum absolute atomic E-state index is 0.283. The lowest BCUT2D eigenvalue weighted by Gasteiger charge is -2.07. The van der Waals surface area contributed by atoms with Gasteiger partial charge in [0.2, 0.25) is 0 Å². The SMILES string of the molecule is COc1ccc(NC(=O)c2cccc(OC(C)=O)c2)cc1. The summed E-state index contributed by atoms with van der Waals surface area (Å²) in [5.74, 6) is 0.339. The number of nitrogens with one attached hydrogen (secondary N) is 1. The number of rotatable bonds is 4. The highest BCUT2D eigenvalue weighted by Gasteiger charge is 2.08. The first-order valence-electron chi connectivity index (χ1n) is 6.32. The summed E-state index contributed by atoms with van der Waals surface area (Å²) >= 11 is 0. The standard InChI is InChI=1S/C16H15NO4/c1-11(18)21-15-5-3-4-12(10-15)16(19)17-13-6-8-14(20-2)9-7-13/h3-10H,1-2H3,(H,17,19). The minimum Gasteiger partial charge on any atom is -0.497 e. The molecule has 5 nitrogen and oxygen atoms in total. The Balaban J connectivity index is 2.10. The van der Waals surface area contributed by atoms with Gasteiger partial charge in [0.25, 0.3) is 5.91 Å². The van der Waals surface area contributed by atoms with E-state index in [0.29, 0.717) is 22.7 Å². The largest absolute Gasteiger partial charge is 0.497 e. The molecule has 1 amide bonds. The Hall–Kier alpha value is -2.82. The number of ether oxygens (including phenoxy) is 2. The predicted octanol–water partition coefficient (Wildman–Crippen LogP) is 2.87. The van der Waals surface area contributed by atoms with Gasteiger partial charge in [-0.25, -0.2) is 0 Å². The van der Waals surface area contributed by atoms with Crippen LogP contribution in [0.3, 0.4) is 0 Å². The van der Waals surface area contributed by atoms with E-state index in [4.69, 9.17) is 9.47 Å². The zero-order valence-corrected chi connectivity index (χ0v) is 11.8. The van der Waals surface area contributed by atoms with E-state index >= 15 is 0 Å². The van der Waals surface area contributed by atoms with Gasteiger partial charge in [0.05, 0.1) is 7.11 Å². The van der Waals surface area contributed by atoms with E-state index in [9.17, 15) is 9.59 Å². The average molecular weight is 285 g/mol. The lowest BCUT2D eigenvalue weighted by molar-refractivity contribution is -0.131. The number of esters is 1. The molecule has 2 aromatic carbocycles. The van der Waals surface area contributed by atoms with Crippen molar-refractivity contribution >= 4 is 17.6 Å². The summed E-state index contributed by atoms with van der Waals surface area (Å²) in [6.07, 6.45) is 0. The van der Waals surface area contributed by atoms with Crippen LogP contribution in [0.1, 0.15) is 17.3 Å². The predicted molar refractivity (Wildman–Crippen MR) is 78.7 cm³/mol. The van der Waals surface area contributed by atoms with Crippen molar-refractivity contribution in [3.63, 3.8) is 0 Å². The molecule has 0 spiro atoms. The number of amides is 1. The summed E-state index contributed by atoms with van der Waals surface area (Å²) in [6.45, 7) is 1.31. The molecule has 2 rings (SSSR count). The second kappa shape index (κ2) is 6.56. The van der Waals surface area contributed by atoms with E-state index in [1.165, 1.54) is 13.0 Å². The second-order valence-corrected chi connectivity index (χ2v) is 4.30. The molecule has 0 saturated carbocycles. The minimum atomic E-state index is -0.428. The zero-order chi connectivity index (χ0) is 15.2. The molecule has 0 aliphatic rings. The Morgan fingerprint density at radius 1 is 1.00 bits per heavy atom. The normalized spacial score (nSPS) is 9.81. The highest BCUT2D eigenvalue weighted by molar-refractivity contribution is 6.04. The molecule has 0 saturated heterocycles. The van der Waals surface area contributed by atoms with Crippen molar-refractivity contribution < 1.29 is 19.1 Å². The van der Waals surface area contributed by atoms with Gasteiger partial charge < -0.3 is 14.8 Å². The first-order valence-corrected chi connectivity index (χ1v) is 6.32. The Morgan fingerprint density at radius 3 is 2.33 bits per heavy atom. The van der Waals surface area contributed by atoms with E-state index in [1.54, 1.807) is 49.6 Å². The highest BCUT2D eigenvalue weighted by Crippen LogP contribution is 2.18. The number of carbonyl (C=O) groups is 2. The van der Waals surface area contributed by atoms with E-state index in [-0.39, 0.29) is 5.91 Å². The van der Waals surface area contributed by atoms with Gasteiger partial charge >= 0.3 is 5.97 Å². The summed E-state index contributed by atoms with van der Waals surface area (Å²) in [6, 6.07) is 13.4. The van der Waals surface area contributed by atoms with Gasteiger partial charge in [-0.3, -0.25) is 9.59 Å². The molecule has 0 radical (unpaired) electrons. The molecule has 21 heavy (non-hydrogen) atoms. The maximum absolute atomic E-state index is 12.1. The highest BCUT2D eigenvalue weighted by atomic mass is 16.5. The second-order valence-electron chi connectivity index (χ2n) is 4.30. The molecule has 1 N–H and O–H groups in total. The van der Waals surface area contributed by atoms with Crippen LogP contribution in [0.25, 0.3) is 0 Å². The third-order valence-electron chi connectivity index (χ3n) is 2.71. The number of benzene rings is 2. The molecule has 0 aliphatic heterocycles. The average Bonchev–Trinajstić information content (AvgIpc) is 2.47. The third kappa shape index (κ3) is 4.07. The van der Waals surface area contributed by atoms with Crippen LogP contribution in [0.4, 0.5) is 5.69 Å². The van der Waals surface area contributed by atoms with Gasteiger partial charge in [-0.15, -0.1) is 0 Å². The Bertz CT molecular complexity index is 650. The van der Waals surface area contributed by atoms with Gasteiger partial charge in [0.15, 0.2) is 0 Å². The van der Waals surface area contributed by atoms with Crippen molar-refractivity contribution in [1.29, 1.82) is 0 Å². The Kier molecular flexibility index (Phi) is 4.56. The van der Waals surface area contributed by atoms with Crippen molar-refractivity contribution in [2.75, 3.05) is 12.4 Å². The van der Waals surface area contributed by atoms with Crippen LogP contribution in [0.15, 0.2) is 48.5 Å². The van der Waals surface area contributed by atoms with E-state index in [0.717, 1.165) is 0 Å². The van der Waals surface area contributed by atoms with Crippen molar-refractivity contribution in [3.05, 3.63) is 54.1 Å². The van der Waals surface area contributed by atoms with Crippen LogP contribution in [-0.2, 0) is 4.79 Å². The molecule has 0 aliphatic carbocycles. The fourth-order valence-electron chi connectivity index (χ4n) is 1.74. The van der Waals surface area contributed by atoms with Gasteiger partial charge in [-0.2, -0.15) is 0 Å². The smallest absolute Gasteiger partial charge is 0.308 e. The zero-order valence-electron chi connectivity index (χ0n) is 11.8. The summed E-state index contributed by atoms with van der Waals surface area (Å²) < 4.78 is 10.0. The fourth-order valence-corrected chi connectivity index (χ4v) is 1.74. The topological polar surface area (TPSA) is 64.6 Å². The van der Waals surface area contributed by atoms with E-state index in [1.807, 2.05) is 0 Å². The third-order valence-corrected chi connectivity index (χ3v) is 2.71. The summed E-state index contributed by atoms with van der Waals surface area (Å²) in [5.41, 5.74) is 1.06. The van der Waals surface area contributed by atoms with Crippen LogP contribution in [0, 0.1) is 0 Å². The Morgan fingerprint density at radius 2 is 1.71 bits per heavy atom. The molecular formula is C16H15NO4. The molecular weight excluding hydrogens is 270 g/mol. The maximum Gasteiger partial charge on any atom is 0.308 e. The first-order chi connectivity index (χ1) is 10.1. The molecule has 0 aromatic heterocycles. The Labute approximate surface area is 122 Å². The van der Waals surface area contributed by atoms with Crippen LogP contribution in [0.5, 0.6) is 11.5 Å². The van der Waals surface area contributed by atoms with Crippen molar-refractivity contribution in [3.8, 4) is 11.5 Å². The number of carbonyl (C=O) groups excluding carboxylic acids is 2. The van der Waals surface area contributed by atoms with Gasteiger partial charge in [-0.05, 0) is 42.5 Å². The van der Waals surface area contributed by atoms with Crippen LogP contribution >= 0.6 is 0 Å². The number of hydrogen-bond acceptors (Lipinski definition) is 4. The molecule has 0 atom stereocenters. The molecule has 0 heterocycles. The summed E-state index contributed by atoms with van der Waals surface area (Å²) in [5, 5.41) is 2.76. The van der Waals surface area contributed by atoms with Crippen molar-refractivity contribution in [2.24, 2.45) is 0 Å². The monoisotopic (exact) mass is 285 g/mol. The van der Waals surface area contributed by atoms with E-state index in [2.05, 4.69) is 5.32 Å². The first kappa shape index (κ1) is 14.6. The van der Waals surface area contributed by atoms with Gasteiger partial charge in [-0.1, -0.05) is 6.07 Å². The molecule has 2 aromatic rings. The molecule has 0 fully saturated rings. The fraction of sp³-hybridized carbons (Fsp3) is 0.125. The molecule has 0 unspecified atom stereocenters. The number of hydrogen-bond donors (Lipinski definition) is 1. The summed E-state index contributed by atoms with van der Waals surface area (Å²) in [4.78, 5) is 23.0. The van der Waals surface area contributed by atoms with Crippen LogP contribution < -0.4 is 14.8 Å². The van der Waals surface area contributed by atoms with Crippen molar-refractivity contribution in [2.45, 2.75) is 6.92 Å². The molecule has 0 bridgehead atoms. The number of methoxy groups -OCH3 is 1. The molecule has 108 valence electrons. The van der Waals surface area contributed by atoms with E-state index < -0.39 is 5.97 Å². The molecule has 5 heteroatoms. The number of anilines is 1. The van der Waals surface area contributed by atoms with Gasteiger partial charge in [0.1, 0.15) is 11.5 Å². The van der Waals surface area contributed by atoms with Crippen LogP contribution in [-0.4, -0.2) is 19.0 Å². The lowest BCUT2D eigenvalue weighted by Crippen LogP contribution is -2.12.